The highest BCUT2D eigenvalue weighted by molar-refractivity contribution is 6.31. The molecular weight excluding hydrogens is 440 g/mol. The van der Waals surface area contributed by atoms with Crippen LogP contribution in [-0.2, 0) is 38.9 Å². The first-order valence-corrected chi connectivity index (χ1v) is 11.9. The molecule has 0 atom stereocenters. The van der Waals surface area contributed by atoms with Crippen molar-refractivity contribution < 1.29 is 9.90 Å². The van der Waals surface area contributed by atoms with Crippen LogP contribution in [0.15, 0.2) is 35.4 Å². The SMILES string of the molecule is O=C(NCCCCn1c(=O)c2c(c3cc(Cl)cc(CCO)c31)CC2)N1Cc2ccncc2C1. The zero-order valence-electron chi connectivity index (χ0n) is 18.4. The van der Waals surface area contributed by atoms with E-state index in [0.717, 1.165) is 64.4 Å². The molecular formula is C25H27ClN4O3. The molecule has 33 heavy (non-hydrogen) atoms. The van der Waals surface area contributed by atoms with Gasteiger partial charge in [-0.3, -0.25) is 9.78 Å². The van der Waals surface area contributed by atoms with Crippen molar-refractivity contribution in [2.24, 2.45) is 0 Å². The zero-order valence-corrected chi connectivity index (χ0v) is 19.2. The van der Waals surface area contributed by atoms with E-state index >= 15 is 0 Å². The van der Waals surface area contributed by atoms with E-state index in [4.69, 9.17) is 11.6 Å². The molecule has 5 rings (SSSR count). The Morgan fingerprint density at radius 1 is 1.15 bits per heavy atom. The summed E-state index contributed by atoms with van der Waals surface area (Å²) in [5.74, 6) is 0. The highest BCUT2D eigenvalue weighted by atomic mass is 35.5. The number of hydrogen-bond donors (Lipinski definition) is 2. The number of halogens is 1. The lowest BCUT2D eigenvalue weighted by Gasteiger charge is -2.25. The van der Waals surface area contributed by atoms with Gasteiger partial charge in [-0.2, -0.15) is 0 Å². The fraction of sp³-hybridized carbons (Fsp3) is 0.400. The number of rotatable bonds is 7. The number of nitrogens with zero attached hydrogens (tertiary/aromatic N) is 3. The van der Waals surface area contributed by atoms with E-state index in [1.807, 2.05) is 29.0 Å². The number of unbranched alkanes of at least 4 members (excludes halogenated alkanes) is 1. The molecule has 7 nitrogen and oxygen atoms in total. The normalized spacial score (nSPS) is 14.2. The maximum absolute atomic E-state index is 13.1. The molecule has 0 saturated carbocycles. The number of urea groups is 1. The van der Waals surface area contributed by atoms with E-state index in [1.165, 1.54) is 0 Å². The number of carbonyl (C=O) groups excluding carboxylic acids is 1. The molecule has 1 aliphatic heterocycles. The van der Waals surface area contributed by atoms with Gasteiger partial charge >= 0.3 is 6.03 Å². The molecule has 0 fully saturated rings. The van der Waals surface area contributed by atoms with Crippen molar-refractivity contribution in [2.45, 2.75) is 51.7 Å². The number of carbonyl (C=O) groups is 1. The van der Waals surface area contributed by atoms with Crippen molar-refractivity contribution in [2.75, 3.05) is 13.2 Å². The number of aryl methyl sites for hydroxylation is 2. The maximum Gasteiger partial charge on any atom is 0.318 e. The molecule has 0 bridgehead atoms. The van der Waals surface area contributed by atoms with E-state index in [2.05, 4.69) is 10.3 Å². The van der Waals surface area contributed by atoms with Crippen LogP contribution in [0.4, 0.5) is 4.79 Å². The summed E-state index contributed by atoms with van der Waals surface area (Å²) in [6, 6.07) is 5.67. The van der Waals surface area contributed by atoms with Crippen LogP contribution in [0.3, 0.4) is 0 Å². The van der Waals surface area contributed by atoms with E-state index in [-0.39, 0.29) is 18.2 Å². The lowest BCUT2D eigenvalue weighted by molar-refractivity contribution is 0.198. The van der Waals surface area contributed by atoms with Crippen molar-refractivity contribution in [1.82, 2.24) is 19.8 Å². The van der Waals surface area contributed by atoms with Crippen LogP contribution in [0, 0.1) is 0 Å². The number of benzene rings is 1. The fourth-order valence-electron chi connectivity index (χ4n) is 4.97. The second-order valence-electron chi connectivity index (χ2n) is 8.79. The number of aliphatic hydroxyl groups excluding tert-OH is 1. The van der Waals surface area contributed by atoms with E-state index < -0.39 is 0 Å². The van der Waals surface area contributed by atoms with Gasteiger partial charge < -0.3 is 19.9 Å². The number of fused-ring (bicyclic) bond motifs is 4. The predicted molar refractivity (Wildman–Crippen MR) is 128 cm³/mol. The Balaban J connectivity index is 1.24. The smallest absolute Gasteiger partial charge is 0.318 e. The van der Waals surface area contributed by atoms with Crippen molar-refractivity contribution >= 4 is 28.5 Å². The van der Waals surface area contributed by atoms with Gasteiger partial charge in [-0.1, -0.05) is 11.6 Å². The Hall–Kier alpha value is -2.90. The molecule has 0 unspecified atom stereocenters. The molecule has 8 heteroatoms. The summed E-state index contributed by atoms with van der Waals surface area (Å²) in [6.45, 7) is 2.32. The van der Waals surface area contributed by atoms with Gasteiger partial charge in [0.15, 0.2) is 0 Å². The van der Waals surface area contributed by atoms with Gasteiger partial charge in [0.25, 0.3) is 5.56 Å². The van der Waals surface area contributed by atoms with Crippen LogP contribution >= 0.6 is 11.6 Å². The molecule has 2 amide bonds. The van der Waals surface area contributed by atoms with E-state index in [9.17, 15) is 14.7 Å². The predicted octanol–water partition coefficient (Wildman–Crippen LogP) is 3.19. The molecule has 2 aliphatic rings. The Morgan fingerprint density at radius 2 is 1.97 bits per heavy atom. The molecule has 3 aromatic rings. The third-order valence-corrected chi connectivity index (χ3v) is 6.94. The molecule has 0 saturated heterocycles. The number of amides is 2. The lowest BCUT2D eigenvalue weighted by Crippen LogP contribution is -2.37. The Kier molecular flexibility index (Phi) is 6.08. The summed E-state index contributed by atoms with van der Waals surface area (Å²) in [5.41, 5.74) is 6.09. The lowest BCUT2D eigenvalue weighted by atomic mass is 9.85. The van der Waals surface area contributed by atoms with Gasteiger partial charge in [-0.05, 0) is 72.6 Å². The second-order valence-corrected chi connectivity index (χ2v) is 9.22. The third-order valence-electron chi connectivity index (χ3n) is 6.72. The van der Waals surface area contributed by atoms with E-state index in [1.54, 1.807) is 11.1 Å². The minimum absolute atomic E-state index is 0.00315. The van der Waals surface area contributed by atoms with Crippen LogP contribution in [0.2, 0.25) is 5.02 Å². The number of aliphatic hydroxyl groups is 1. The van der Waals surface area contributed by atoms with Crippen molar-refractivity contribution in [3.05, 3.63) is 73.8 Å². The zero-order chi connectivity index (χ0) is 22.9. The average molecular weight is 467 g/mol. The quantitative estimate of drug-likeness (QED) is 0.523. The first kappa shape index (κ1) is 21.9. The van der Waals surface area contributed by atoms with Crippen LogP contribution < -0.4 is 10.9 Å². The average Bonchev–Trinajstić information content (AvgIpc) is 3.20. The highest BCUT2D eigenvalue weighted by Gasteiger charge is 2.25. The fourth-order valence-corrected chi connectivity index (χ4v) is 5.21. The van der Waals surface area contributed by atoms with Gasteiger partial charge in [-0.15, -0.1) is 0 Å². The summed E-state index contributed by atoms with van der Waals surface area (Å²) in [7, 11) is 0. The summed E-state index contributed by atoms with van der Waals surface area (Å²) in [5, 5.41) is 14.2. The summed E-state index contributed by atoms with van der Waals surface area (Å²) < 4.78 is 1.85. The van der Waals surface area contributed by atoms with E-state index in [0.29, 0.717) is 37.6 Å². The largest absolute Gasteiger partial charge is 0.396 e. The number of aromatic nitrogens is 2. The Labute approximate surface area is 197 Å². The molecule has 2 aromatic heterocycles. The molecule has 0 spiro atoms. The number of hydrogen-bond acceptors (Lipinski definition) is 4. The number of pyridine rings is 2. The number of nitrogens with one attached hydrogen (secondary N) is 1. The van der Waals surface area contributed by atoms with Crippen LogP contribution in [0.5, 0.6) is 0 Å². The van der Waals surface area contributed by atoms with Crippen LogP contribution in [0.25, 0.3) is 10.9 Å². The minimum atomic E-state index is -0.0743. The highest BCUT2D eigenvalue weighted by Crippen LogP contribution is 2.33. The van der Waals surface area contributed by atoms with Crippen LogP contribution in [-0.4, -0.2) is 38.7 Å². The molecule has 1 aliphatic carbocycles. The Morgan fingerprint density at radius 3 is 2.73 bits per heavy atom. The third kappa shape index (κ3) is 4.11. The molecule has 172 valence electrons. The van der Waals surface area contributed by atoms with Crippen LogP contribution in [0.1, 0.15) is 40.7 Å². The minimum Gasteiger partial charge on any atom is -0.396 e. The molecule has 1 aromatic carbocycles. The summed E-state index contributed by atoms with van der Waals surface area (Å²) in [4.78, 5) is 31.6. The summed E-state index contributed by atoms with van der Waals surface area (Å²) >= 11 is 6.34. The maximum atomic E-state index is 13.1. The van der Waals surface area contributed by atoms with Crippen molar-refractivity contribution in [3.8, 4) is 0 Å². The molecule has 2 N–H and O–H groups in total. The Bertz CT molecular complexity index is 1260. The van der Waals surface area contributed by atoms with Gasteiger partial charge in [-0.25, -0.2) is 4.79 Å². The topological polar surface area (TPSA) is 87.5 Å². The summed E-state index contributed by atoms with van der Waals surface area (Å²) in [6.07, 6.45) is 7.25. The first-order valence-electron chi connectivity index (χ1n) is 11.5. The second kappa shape index (κ2) is 9.15. The van der Waals surface area contributed by atoms with Crippen molar-refractivity contribution in [1.29, 1.82) is 0 Å². The molecule has 3 heterocycles. The van der Waals surface area contributed by atoms with Crippen molar-refractivity contribution in [3.63, 3.8) is 0 Å². The van der Waals surface area contributed by atoms with Gasteiger partial charge in [0.1, 0.15) is 0 Å². The monoisotopic (exact) mass is 466 g/mol. The standard InChI is InChI=1S/C25H27ClN4O3/c26-19-11-16(6-10-31)23-22(12-19)20-3-4-21(20)24(32)30(23)9-2-1-7-28-25(33)29-14-17-5-8-27-13-18(17)15-29/h5,8,11-13,31H,1-4,6-7,9-10,14-15H2,(H,28,33). The van der Waals surface area contributed by atoms with Gasteiger partial charge in [0.2, 0.25) is 0 Å². The van der Waals surface area contributed by atoms with Gasteiger partial charge in [0, 0.05) is 61.2 Å². The first-order chi connectivity index (χ1) is 16.1. The van der Waals surface area contributed by atoms with Gasteiger partial charge in [0.05, 0.1) is 5.52 Å². The molecule has 0 radical (unpaired) electrons.